The zero-order chi connectivity index (χ0) is 20.5. The van der Waals surface area contributed by atoms with Gasteiger partial charge in [0.05, 0.1) is 31.5 Å². The number of aryl methyl sites for hydroxylation is 1. The second-order valence-electron chi connectivity index (χ2n) is 6.69. The molecule has 1 aliphatic heterocycles. The molecule has 0 radical (unpaired) electrons. The Bertz CT molecular complexity index is 1090. The van der Waals surface area contributed by atoms with Gasteiger partial charge in [-0.3, -0.25) is 9.59 Å². The molecule has 0 bridgehead atoms. The Labute approximate surface area is 166 Å². The fourth-order valence-corrected chi connectivity index (χ4v) is 3.47. The molecule has 0 aliphatic carbocycles. The Balaban J connectivity index is 1.81. The summed E-state index contributed by atoms with van der Waals surface area (Å²) in [6.07, 6.45) is 1.50. The van der Waals surface area contributed by atoms with Crippen LogP contribution in [0.2, 0.25) is 0 Å². The molecule has 7 nitrogen and oxygen atoms in total. The Morgan fingerprint density at radius 2 is 2.03 bits per heavy atom. The number of carbonyl (C=O) groups excluding carboxylic acids is 2. The van der Waals surface area contributed by atoms with E-state index in [1.807, 2.05) is 0 Å². The summed E-state index contributed by atoms with van der Waals surface area (Å²) in [6.45, 7) is 1.80. The minimum Gasteiger partial charge on any atom is -0.503 e. The maximum Gasteiger partial charge on any atom is 0.290 e. The molecule has 2 aromatic heterocycles. The molecular formula is C22H19NO6. The molecule has 1 amide bonds. The molecule has 0 saturated carbocycles. The minimum atomic E-state index is -0.819. The number of methoxy groups -OCH3 is 1. The summed E-state index contributed by atoms with van der Waals surface area (Å²) in [4.78, 5) is 27.4. The maximum atomic E-state index is 13.2. The van der Waals surface area contributed by atoms with Crippen molar-refractivity contribution in [3.63, 3.8) is 0 Å². The number of benzene rings is 1. The van der Waals surface area contributed by atoms with Gasteiger partial charge in [0.15, 0.2) is 11.5 Å². The van der Waals surface area contributed by atoms with Crippen LogP contribution in [-0.4, -0.2) is 28.8 Å². The summed E-state index contributed by atoms with van der Waals surface area (Å²) in [5.74, 6) is -0.0720. The zero-order valence-corrected chi connectivity index (χ0v) is 15.9. The number of ether oxygens (including phenoxy) is 1. The minimum absolute atomic E-state index is 0.0378. The van der Waals surface area contributed by atoms with Gasteiger partial charge in [0.1, 0.15) is 17.3 Å². The Hall–Kier alpha value is -3.74. The monoisotopic (exact) mass is 393 g/mol. The van der Waals surface area contributed by atoms with Crippen molar-refractivity contribution < 1.29 is 28.3 Å². The standard InChI is InChI=1S/C22H19NO6/c1-13-8-9-17(29-13)20(24)18-19(14-5-3-6-15(11-14)27-2)23(22(26)21(18)25)12-16-7-4-10-28-16/h3-11,19,25H,12H2,1-2H3/t19-/m0/s1. The number of hydrogen-bond donors (Lipinski definition) is 1. The lowest BCUT2D eigenvalue weighted by atomic mass is 9.95. The van der Waals surface area contributed by atoms with Crippen molar-refractivity contribution in [1.82, 2.24) is 4.90 Å². The quantitative estimate of drug-likeness (QED) is 0.637. The molecule has 1 N–H and O–H groups in total. The third-order valence-electron chi connectivity index (χ3n) is 4.83. The van der Waals surface area contributed by atoms with Crippen molar-refractivity contribution in [1.29, 1.82) is 0 Å². The van der Waals surface area contributed by atoms with Gasteiger partial charge in [0, 0.05) is 0 Å². The third kappa shape index (κ3) is 3.31. The molecule has 7 heteroatoms. The summed E-state index contributed by atoms with van der Waals surface area (Å²) in [6, 6.07) is 12.8. The Morgan fingerprint density at radius 3 is 2.69 bits per heavy atom. The van der Waals surface area contributed by atoms with Crippen LogP contribution in [-0.2, 0) is 11.3 Å². The number of carbonyl (C=O) groups is 2. The Kier molecular flexibility index (Phi) is 4.72. The first-order chi connectivity index (χ1) is 14.0. The van der Waals surface area contributed by atoms with E-state index in [-0.39, 0.29) is 17.9 Å². The smallest absolute Gasteiger partial charge is 0.290 e. The SMILES string of the molecule is COc1cccc([C@H]2C(C(=O)c3ccc(C)o3)=C(O)C(=O)N2Cc2ccco2)c1. The largest absolute Gasteiger partial charge is 0.503 e. The molecule has 0 unspecified atom stereocenters. The summed E-state index contributed by atoms with van der Waals surface area (Å²) < 4.78 is 16.1. The lowest BCUT2D eigenvalue weighted by Crippen LogP contribution is -2.30. The molecule has 0 spiro atoms. The van der Waals surface area contributed by atoms with Gasteiger partial charge in [0.2, 0.25) is 5.78 Å². The van der Waals surface area contributed by atoms with E-state index in [4.69, 9.17) is 13.6 Å². The first-order valence-electron chi connectivity index (χ1n) is 9.01. The van der Waals surface area contributed by atoms with Crippen molar-refractivity contribution in [3.8, 4) is 5.75 Å². The predicted molar refractivity (Wildman–Crippen MR) is 102 cm³/mol. The molecule has 3 aromatic rings. The van der Waals surface area contributed by atoms with Crippen molar-refractivity contribution in [2.45, 2.75) is 19.5 Å². The molecule has 0 saturated heterocycles. The number of nitrogens with zero attached hydrogens (tertiary/aromatic N) is 1. The number of Topliss-reactive ketones (excluding diaryl/α,β-unsaturated/α-hetero) is 1. The fourth-order valence-electron chi connectivity index (χ4n) is 3.47. The lowest BCUT2D eigenvalue weighted by Gasteiger charge is -2.26. The number of furan rings is 2. The van der Waals surface area contributed by atoms with Gasteiger partial charge in [-0.1, -0.05) is 12.1 Å². The molecule has 148 valence electrons. The van der Waals surface area contributed by atoms with E-state index in [1.54, 1.807) is 49.4 Å². The van der Waals surface area contributed by atoms with Crippen molar-refractivity contribution in [3.05, 3.63) is 89.0 Å². The summed E-state index contributed by atoms with van der Waals surface area (Å²) >= 11 is 0. The van der Waals surface area contributed by atoms with Crippen LogP contribution in [0, 0.1) is 6.92 Å². The number of rotatable bonds is 6. The highest BCUT2D eigenvalue weighted by molar-refractivity contribution is 6.15. The molecule has 4 rings (SSSR count). The molecule has 1 atom stereocenters. The molecule has 1 aliphatic rings. The van der Waals surface area contributed by atoms with Gasteiger partial charge < -0.3 is 23.6 Å². The highest BCUT2D eigenvalue weighted by Crippen LogP contribution is 2.40. The van der Waals surface area contributed by atoms with E-state index in [0.29, 0.717) is 22.8 Å². The van der Waals surface area contributed by atoms with E-state index in [2.05, 4.69) is 0 Å². The molecule has 1 aromatic carbocycles. The number of aliphatic hydroxyl groups is 1. The molecule has 3 heterocycles. The third-order valence-corrected chi connectivity index (χ3v) is 4.83. The van der Waals surface area contributed by atoms with Gasteiger partial charge in [-0.2, -0.15) is 0 Å². The average molecular weight is 393 g/mol. The second kappa shape index (κ2) is 7.35. The number of aliphatic hydroxyl groups excluding tert-OH is 1. The topological polar surface area (TPSA) is 93.1 Å². The van der Waals surface area contributed by atoms with Crippen molar-refractivity contribution in [2.75, 3.05) is 7.11 Å². The van der Waals surface area contributed by atoms with Crippen molar-refractivity contribution in [2.24, 2.45) is 0 Å². The van der Waals surface area contributed by atoms with Crippen LogP contribution < -0.4 is 4.74 Å². The molecule has 0 fully saturated rings. The molecular weight excluding hydrogens is 374 g/mol. The van der Waals surface area contributed by atoms with Gasteiger partial charge >= 0.3 is 0 Å². The van der Waals surface area contributed by atoms with Gasteiger partial charge in [-0.15, -0.1) is 0 Å². The maximum absolute atomic E-state index is 13.2. The molecule has 29 heavy (non-hydrogen) atoms. The van der Waals surface area contributed by atoms with E-state index in [0.717, 1.165) is 0 Å². The van der Waals surface area contributed by atoms with Crippen LogP contribution in [0.5, 0.6) is 5.75 Å². The number of hydrogen-bond acceptors (Lipinski definition) is 6. The highest BCUT2D eigenvalue weighted by Gasteiger charge is 2.44. The summed E-state index contributed by atoms with van der Waals surface area (Å²) in [5, 5.41) is 10.6. The van der Waals surface area contributed by atoms with E-state index in [1.165, 1.54) is 24.3 Å². The lowest BCUT2D eigenvalue weighted by molar-refractivity contribution is -0.130. The average Bonchev–Trinajstić information content (AvgIpc) is 3.45. The fraction of sp³-hybridized carbons (Fsp3) is 0.182. The number of ketones is 1. The van der Waals surface area contributed by atoms with E-state index in [9.17, 15) is 14.7 Å². The highest BCUT2D eigenvalue weighted by atomic mass is 16.5. The predicted octanol–water partition coefficient (Wildman–Crippen LogP) is 3.97. The number of amides is 1. The van der Waals surface area contributed by atoms with E-state index >= 15 is 0 Å². The van der Waals surface area contributed by atoms with E-state index < -0.39 is 23.5 Å². The van der Waals surface area contributed by atoms with Crippen LogP contribution in [0.3, 0.4) is 0 Å². The second-order valence-corrected chi connectivity index (χ2v) is 6.69. The van der Waals surface area contributed by atoms with Crippen LogP contribution in [0.25, 0.3) is 0 Å². The summed E-state index contributed by atoms with van der Waals surface area (Å²) in [5.41, 5.74) is 0.587. The van der Waals surface area contributed by atoms with Crippen molar-refractivity contribution >= 4 is 11.7 Å². The summed E-state index contributed by atoms with van der Waals surface area (Å²) in [7, 11) is 1.53. The van der Waals surface area contributed by atoms with Crippen LogP contribution in [0.1, 0.15) is 33.7 Å². The first kappa shape index (κ1) is 18.6. The van der Waals surface area contributed by atoms with Gasteiger partial charge in [-0.25, -0.2) is 0 Å². The zero-order valence-electron chi connectivity index (χ0n) is 15.9. The van der Waals surface area contributed by atoms with Gasteiger partial charge in [-0.05, 0) is 48.9 Å². The normalized spacial score (nSPS) is 16.6. The van der Waals surface area contributed by atoms with Crippen LogP contribution in [0.15, 0.2) is 75.0 Å². The van der Waals surface area contributed by atoms with Crippen LogP contribution >= 0.6 is 0 Å². The first-order valence-corrected chi connectivity index (χ1v) is 9.01. The Morgan fingerprint density at radius 1 is 1.21 bits per heavy atom. The van der Waals surface area contributed by atoms with Gasteiger partial charge in [0.25, 0.3) is 5.91 Å². The van der Waals surface area contributed by atoms with Crippen LogP contribution in [0.4, 0.5) is 0 Å².